The quantitative estimate of drug-likeness (QED) is 0.797. The maximum absolute atomic E-state index is 9.36. The lowest BCUT2D eigenvalue weighted by atomic mass is 10.2. The maximum Gasteiger partial charge on any atom is 0.0645 e. The molecule has 1 aromatic rings. The van der Waals surface area contributed by atoms with E-state index in [9.17, 15) is 5.11 Å². The largest absolute Gasteiger partial charge is 0.395 e. The number of aliphatic hydroxyl groups excluding tert-OH is 2. The van der Waals surface area contributed by atoms with Crippen molar-refractivity contribution in [2.45, 2.75) is 19.0 Å². The highest BCUT2D eigenvalue weighted by Crippen LogP contribution is 2.20. The lowest BCUT2D eigenvalue weighted by Crippen LogP contribution is -2.46. The van der Waals surface area contributed by atoms with Crippen molar-refractivity contribution >= 4 is 11.3 Å². The number of morpholine rings is 1. The van der Waals surface area contributed by atoms with Crippen molar-refractivity contribution in [2.75, 3.05) is 33.0 Å². The summed E-state index contributed by atoms with van der Waals surface area (Å²) in [5.74, 6) is 6.05. The van der Waals surface area contributed by atoms with Crippen molar-refractivity contribution in [3.8, 4) is 11.8 Å². The maximum atomic E-state index is 9.36. The van der Waals surface area contributed by atoms with Gasteiger partial charge in [0.25, 0.3) is 0 Å². The van der Waals surface area contributed by atoms with E-state index in [0.717, 1.165) is 18.7 Å². The fourth-order valence-electron chi connectivity index (χ4n) is 2.04. The van der Waals surface area contributed by atoms with Crippen LogP contribution in [0.1, 0.15) is 16.9 Å². The third-order valence-electron chi connectivity index (χ3n) is 3.11. The highest BCUT2D eigenvalue weighted by atomic mass is 32.1. The fourth-order valence-corrected chi connectivity index (χ4v) is 2.89. The third-order valence-corrected chi connectivity index (χ3v) is 4.02. The summed E-state index contributed by atoms with van der Waals surface area (Å²) in [7, 11) is 0. The standard InChI is InChI=1S/C14H19NO3S/c16-6-2-1-3-12-4-8-19-14(12)9-15-5-7-18-11-13(15)10-17/h4,8,13,16-17H,2,5-7,9-11H2. The predicted molar refractivity (Wildman–Crippen MR) is 75.0 cm³/mol. The first kappa shape index (κ1) is 14.5. The van der Waals surface area contributed by atoms with Crippen molar-refractivity contribution in [3.63, 3.8) is 0 Å². The van der Waals surface area contributed by atoms with Gasteiger partial charge in [0.2, 0.25) is 0 Å². The van der Waals surface area contributed by atoms with Gasteiger partial charge in [0.1, 0.15) is 0 Å². The van der Waals surface area contributed by atoms with Crippen molar-refractivity contribution in [3.05, 3.63) is 21.9 Å². The first-order chi connectivity index (χ1) is 9.35. The lowest BCUT2D eigenvalue weighted by Gasteiger charge is -2.34. The first-order valence-electron chi connectivity index (χ1n) is 6.44. The third kappa shape index (κ3) is 4.03. The minimum absolute atomic E-state index is 0.0779. The van der Waals surface area contributed by atoms with Crippen molar-refractivity contribution in [2.24, 2.45) is 0 Å². The number of aliphatic hydroxyl groups is 2. The molecule has 0 saturated carbocycles. The number of ether oxygens (including phenoxy) is 1. The molecule has 2 N–H and O–H groups in total. The van der Waals surface area contributed by atoms with Crippen LogP contribution in [0.15, 0.2) is 11.4 Å². The smallest absolute Gasteiger partial charge is 0.0645 e. The molecule has 0 radical (unpaired) electrons. The number of nitrogens with zero attached hydrogens (tertiary/aromatic N) is 1. The molecule has 0 spiro atoms. The molecule has 0 aliphatic carbocycles. The van der Waals surface area contributed by atoms with Gasteiger partial charge in [0, 0.05) is 30.0 Å². The van der Waals surface area contributed by atoms with E-state index in [1.54, 1.807) is 11.3 Å². The average Bonchev–Trinajstić information content (AvgIpc) is 2.87. The summed E-state index contributed by atoms with van der Waals surface area (Å²) in [4.78, 5) is 3.46. The molecule has 0 bridgehead atoms. The second-order valence-corrected chi connectivity index (χ2v) is 5.42. The van der Waals surface area contributed by atoms with Crippen LogP contribution in [-0.2, 0) is 11.3 Å². The van der Waals surface area contributed by atoms with E-state index < -0.39 is 0 Å². The summed E-state index contributed by atoms with van der Waals surface area (Å²) in [6, 6.07) is 2.09. The molecule has 4 nitrogen and oxygen atoms in total. The van der Waals surface area contributed by atoms with Crippen molar-refractivity contribution < 1.29 is 14.9 Å². The van der Waals surface area contributed by atoms with Crippen LogP contribution >= 0.6 is 11.3 Å². The second-order valence-electron chi connectivity index (χ2n) is 4.41. The molecule has 1 aromatic heterocycles. The predicted octanol–water partition coefficient (Wildman–Crippen LogP) is 0.675. The molecule has 19 heavy (non-hydrogen) atoms. The average molecular weight is 281 g/mol. The van der Waals surface area contributed by atoms with Crippen LogP contribution in [-0.4, -0.2) is 54.1 Å². The Morgan fingerprint density at radius 2 is 2.37 bits per heavy atom. The van der Waals surface area contributed by atoms with Gasteiger partial charge in [-0.25, -0.2) is 0 Å². The summed E-state index contributed by atoms with van der Waals surface area (Å²) in [6.07, 6.45) is 0.506. The summed E-state index contributed by atoms with van der Waals surface area (Å²) in [5.41, 5.74) is 1.03. The minimum Gasteiger partial charge on any atom is -0.395 e. The van der Waals surface area contributed by atoms with Crippen LogP contribution in [0.3, 0.4) is 0 Å². The van der Waals surface area contributed by atoms with Gasteiger partial charge in [0.15, 0.2) is 0 Å². The molecule has 1 fully saturated rings. The molecule has 1 atom stereocenters. The van der Waals surface area contributed by atoms with E-state index in [1.807, 2.05) is 11.4 Å². The van der Waals surface area contributed by atoms with Crippen LogP contribution in [0, 0.1) is 11.8 Å². The molecule has 1 saturated heterocycles. The summed E-state index contributed by atoms with van der Waals surface area (Å²) in [5, 5.41) is 20.1. The van der Waals surface area contributed by atoms with Gasteiger partial charge in [0.05, 0.1) is 32.5 Å². The summed E-state index contributed by atoms with van der Waals surface area (Å²) < 4.78 is 5.38. The molecule has 104 valence electrons. The minimum atomic E-state index is 0.0779. The van der Waals surface area contributed by atoms with E-state index in [4.69, 9.17) is 9.84 Å². The SMILES string of the molecule is OCCC#Cc1ccsc1CN1CCOCC1CO. The Bertz CT molecular complexity index is 449. The van der Waals surface area contributed by atoms with Gasteiger partial charge in [-0.3, -0.25) is 4.90 Å². The Kier molecular flexibility index (Phi) is 5.83. The van der Waals surface area contributed by atoms with Gasteiger partial charge in [-0.2, -0.15) is 0 Å². The summed E-state index contributed by atoms with van der Waals surface area (Å²) in [6.45, 7) is 3.17. The Balaban J connectivity index is 2.02. The van der Waals surface area contributed by atoms with Crippen molar-refractivity contribution in [1.82, 2.24) is 4.90 Å². The highest BCUT2D eigenvalue weighted by Gasteiger charge is 2.23. The zero-order valence-electron chi connectivity index (χ0n) is 10.8. The molecular formula is C14H19NO3S. The zero-order chi connectivity index (χ0) is 13.5. The summed E-state index contributed by atoms with van der Waals surface area (Å²) >= 11 is 1.68. The molecule has 1 unspecified atom stereocenters. The molecule has 1 aliphatic heterocycles. The van der Waals surface area contributed by atoms with Crippen molar-refractivity contribution in [1.29, 1.82) is 0 Å². The molecule has 0 aromatic carbocycles. The van der Waals surface area contributed by atoms with Gasteiger partial charge in [-0.05, 0) is 11.4 Å². The Morgan fingerprint density at radius 3 is 3.16 bits per heavy atom. The zero-order valence-corrected chi connectivity index (χ0v) is 11.7. The first-order valence-corrected chi connectivity index (χ1v) is 7.32. The molecule has 2 rings (SSSR count). The normalized spacial score (nSPS) is 20.0. The number of thiophene rings is 1. The monoisotopic (exact) mass is 281 g/mol. The van der Waals surface area contributed by atoms with Gasteiger partial charge >= 0.3 is 0 Å². The Morgan fingerprint density at radius 1 is 1.47 bits per heavy atom. The lowest BCUT2D eigenvalue weighted by molar-refractivity contribution is -0.0308. The van der Waals surface area contributed by atoms with Gasteiger partial charge in [-0.15, -0.1) is 11.3 Å². The molecular weight excluding hydrogens is 262 g/mol. The molecule has 1 aliphatic rings. The van der Waals surface area contributed by atoms with Crippen LogP contribution in [0.25, 0.3) is 0 Å². The van der Waals surface area contributed by atoms with E-state index in [1.165, 1.54) is 4.88 Å². The number of hydrogen-bond acceptors (Lipinski definition) is 5. The van der Waals surface area contributed by atoms with E-state index >= 15 is 0 Å². The van der Waals surface area contributed by atoms with E-state index in [-0.39, 0.29) is 19.3 Å². The Labute approximate surface area is 117 Å². The number of rotatable bonds is 4. The van der Waals surface area contributed by atoms with E-state index in [2.05, 4.69) is 16.7 Å². The fraction of sp³-hybridized carbons (Fsp3) is 0.571. The van der Waals surface area contributed by atoms with E-state index in [0.29, 0.717) is 19.6 Å². The molecule has 5 heteroatoms. The Hall–Kier alpha value is -0.900. The van der Waals surface area contributed by atoms with Crippen LogP contribution < -0.4 is 0 Å². The van der Waals surface area contributed by atoms with Crippen LogP contribution in [0.5, 0.6) is 0 Å². The van der Waals surface area contributed by atoms with Crippen LogP contribution in [0.2, 0.25) is 0 Å². The topological polar surface area (TPSA) is 52.9 Å². The molecule has 2 heterocycles. The second kappa shape index (κ2) is 7.63. The van der Waals surface area contributed by atoms with Gasteiger partial charge in [-0.1, -0.05) is 11.8 Å². The van der Waals surface area contributed by atoms with Crippen LogP contribution in [0.4, 0.5) is 0 Å². The molecule has 0 amide bonds. The number of hydrogen-bond donors (Lipinski definition) is 2. The van der Waals surface area contributed by atoms with Gasteiger partial charge < -0.3 is 14.9 Å². The highest BCUT2D eigenvalue weighted by molar-refractivity contribution is 7.10.